The Morgan fingerprint density at radius 1 is 1.53 bits per heavy atom. The summed E-state index contributed by atoms with van der Waals surface area (Å²) in [4.78, 5) is 2.46. The van der Waals surface area contributed by atoms with Gasteiger partial charge in [0.1, 0.15) is 5.82 Å². The van der Waals surface area contributed by atoms with Crippen molar-refractivity contribution in [2.75, 3.05) is 25.4 Å². The van der Waals surface area contributed by atoms with Gasteiger partial charge in [0, 0.05) is 36.7 Å². The Labute approximate surface area is 119 Å². The number of benzene rings is 1. The van der Waals surface area contributed by atoms with Crippen LogP contribution < -0.4 is 5.73 Å². The second-order valence-electron chi connectivity index (χ2n) is 5.39. The van der Waals surface area contributed by atoms with Crippen LogP contribution in [0.3, 0.4) is 0 Å². The first-order chi connectivity index (χ1) is 9.06. The Hall–Kier alpha value is -0.580. The first-order valence-corrected chi connectivity index (χ1v) is 7.96. The van der Waals surface area contributed by atoms with Crippen molar-refractivity contribution in [2.24, 2.45) is 5.73 Å². The van der Waals surface area contributed by atoms with Gasteiger partial charge in [-0.05, 0) is 30.5 Å². The number of hydrogen-bond acceptors (Lipinski definition) is 3. The van der Waals surface area contributed by atoms with Crippen LogP contribution in [-0.4, -0.2) is 35.5 Å². The average molecular weight is 282 g/mol. The van der Waals surface area contributed by atoms with Crippen molar-refractivity contribution in [1.29, 1.82) is 0 Å². The summed E-state index contributed by atoms with van der Waals surface area (Å²) in [6, 6.07) is 5.26. The van der Waals surface area contributed by atoms with Crippen LogP contribution >= 0.6 is 11.8 Å². The van der Waals surface area contributed by atoms with Crippen molar-refractivity contribution in [3.05, 3.63) is 35.1 Å². The molecule has 2 atom stereocenters. The van der Waals surface area contributed by atoms with Crippen molar-refractivity contribution < 1.29 is 4.39 Å². The number of rotatable bonds is 4. The van der Waals surface area contributed by atoms with Crippen LogP contribution in [0.2, 0.25) is 0 Å². The molecular formula is C15H23FN2S. The Morgan fingerprint density at radius 2 is 2.32 bits per heavy atom. The first-order valence-electron chi connectivity index (χ1n) is 6.92. The molecule has 2 N–H and O–H groups in total. The summed E-state index contributed by atoms with van der Waals surface area (Å²) in [5, 5.41) is 0.710. The maximum atomic E-state index is 13.5. The highest BCUT2D eigenvalue weighted by Gasteiger charge is 2.17. The maximum Gasteiger partial charge on any atom is 0.126 e. The maximum absolute atomic E-state index is 13.5. The predicted molar refractivity (Wildman–Crippen MR) is 81.0 cm³/mol. The monoisotopic (exact) mass is 282 g/mol. The molecule has 4 heteroatoms. The molecule has 19 heavy (non-hydrogen) atoms. The van der Waals surface area contributed by atoms with Crippen LogP contribution in [0.5, 0.6) is 0 Å². The zero-order valence-corrected chi connectivity index (χ0v) is 12.5. The smallest absolute Gasteiger partial charge is 0.126 e. The highest BCUT2D eigenvalue weighted by Crippen LogP contribution is 2.21. The molecule has 1 aromatic carbocycles. The van der Waals surface area contributed by atoms with E-state index in [4.69, 9.17) is 5.73 Å². The Morgan fingerprint density at radius 3 is 3.00 bits per heavy atom. The van der Waals surface area contributed by atoms with Gasteiger partial charge in [-0.1, -0.05) is 19.1 Å². The predicted octanol–water partition coefficient (Wildman–Crippen LogP) is 2.96. The quantitative estimate of drug-likeness (QED) is 0.920. The third-order valence-corrected chi connectivity index (χ3v) is 4.84. The molecule has 0 spiro atoms. The number of nitrogens with zero attached hydrogens (tertiary/aromatic N) is 1. The molecule has 2 rings (SSSR count). The highest BCUT2D eigenvalue weighted by atomic mass is 32.2. The van der Waals surface area contributed by atoms with Gasteiger partial charge in [-0.2, -0.15) is 11.8 Å². The lowest BCUT2D eigenvalue weighted by Crippen LogP contribution is -2.38. The summed E-state index contributed by atoms with van der Waals surface area (Å²) in [6.07, 6.45) is 0.889. The van der Waals surface area contributed by atoms with Gasteiger partial charge >= 0.3 is 0 Å². The molecule has 2 nitrogen and oxygen atoms in total. The van der Waals surface area contributed by atoms with E-state index in [0.717, 1.165) is 31.6 Å². The molecule has 106 valence electrons. The molecular weight excluding hydrogens is 259 g/mol. The lowest BCUT2D eigenvalue weighted by atomic mass is 10.0. The Balaban J connectivity index is 1.86. The first kappa shape index (κ1) is 14.8. The van der Waals surface area contributed by atoms with Gasteiger partial charge in [-0.15, -0.1) is 0 Å². The minimum atomic E-state index is -0.157. The van der Waals surface area contributed by atoms with Crippen molar-refractivity contribution in [3.8, 4) is 0 Å². The summed E-state index contributed by atoms with van der Waals surface area (Å²) in [7, 11) is 0. The molecule has 1 saturated heterocycles. The van der Waals surface area contributed by atoms with Crippen molar-refractivity contribution >= 4 is 11.8 Å². The summed E-state index contributed by atoms with van der Waals surface area (Å²) >= 11 is 2.03. The number of aryl methyl sites for hydroxylation is 1. The molecule has 0 radical (unpaired) electrons. The zero-order chi connectivity index (χ0) is 13.8. The number of thioether (sulfide) groups is 1. The van der Waals surface area contributed by atoms with Crippen LogP contribution in [0.15, 0.2) is 18.2 Å². The van der Waals surface area contributed by atoms with Gasteiger partial charge in [-0.3, -0.25) is 0 Å². The average Bonchev–Trinajstić information content (AvgIpc) is 2.39. The van der Waals surface area contributed by atoms with Gasteiger partial charge < -0.3 is 10.6 Å². The van der Waals surface area contributed by atoms with Gasteiger partial charge in [0.15, 0.2) is 0 Å². The number of halogens is 1. The second kappa shape index (κ2) is 6.73. The molecule has 0 aromatic heterocycles. The van der Waals surface area contributed by atoms with Gasteiger partial charge in [0.25, 0.3) is 0 Å². The Kier molecular flexibility index (Phi) is 5.25. The lowest BCUT2D eigenvalue weighted by Gasteiger charge is -2.31. The van der Waals surface area contributed by atoms with Crippen molar-refractivity contribution in [1.82, 2.24) is 4.90 Å². The lowest BCUT2D eigenvalue weighted by molar-refractivity contribution is 0.275. The fourth-order valence-corrected chi connectivity index (χ4v) is 3.50. The zero-order valence-electron chi connectivity index (χ0n) is 11.7. The van der Waals surface area contributed by atoms with E-state index in [1.165, 1.54) is 5.75 Å². The molecule has 1 fully saturated rings. The second-order valence-corrected chi connectivity index (χ2v) is 6.93. The van der Waals surface area contributed by atoms with E-state index in [1.54, 1.807) is 13.0 Å². The summed E-state index contributed by atoms with van der Waals surface area (Å²) < 4.78 is 13.5. The number of hydrogen-bond donors (Lipinski definition) is 1. The van der Waals surface area contributed by atoms with Crippen LogP contribution in [-0.2, 0) is 0 Å². The molecule has 1 aromatic rings. The summed E-state index contributed by atoms with van der Waals surface area (Å²) in [6.45, 7) is 7.33. The summed E-state index contributed by atoms with van der Waals surface area (Å²) in [5.74, 6) is 1.05. The molecule has 1 heterocycles. The van der Waals surface area contributed by atoms with E-state index in [9.17, 15) is 4.39 Å². The van der Waals surface area contributed by atoms with Crippen molar-refractivity contribution in [3.63, 3.8) is 0 Å². The van der Waals surface area contributed by atoms with E-state index in [2.05, 4.69) is 11.8 Å². The fourth-order valence-electron chi connectivity index (χ4n) is 2.42. The van der Waals surface area contributed by atoms with E-state index < -0.39 is 0 Å². The fraction of sp³-hybridized carbons (Fsp3) is 0.600. The van der Waals surface area contributed by atoms with Crippen LogP contribution in [0.25, 0.3) is 0 Å². The van der Waals surface area contributed by atoms with Crippen LogP contribution in [0, 0.1) is 12.7 Å². The summed E-state index contributed by atoms with van der Waals surface area (Å²) in [5.41, 5.74) is 7.75. The molecule has 0 amide bonds. The largest absolute Gasteiger partial charge is 0.324 e. The number of nitrogens with two attached hydrogens (primary N) is 1. The van der Waals surface area contributed by atoms with Crippen molar-refractivity contribution in [2.45, 2.75) is 31.6 Å². The minimum Gasteiger partial charge on any atom is -0.324 e. The molecule has 1 aliphatic heterocycles. The van der Waals surface area contributed by atoms with E-state index in [1.807, 2.05) is 23.9 Å². The molecule has 0 bridgehead atoms. The van der Waals surface area contributed by atoms with Gasteiger partial charge in [0.2, 0.25) is 0 Å². The van der Waals surface area contributed by atoms with Crippen LogP contribution in [0.1, 0.15) is 30.5 Å². The molecule has 0 aliphatic carbocycles. The van der Waals surface area contributed by atoms with E-state index in [0.29, 0.717) is 10.8 Å². The molecule has 0 saturated carbocycles. The Bertz CT molecular complexity index is 425. The SMILES string of the molecule is Cc1ccc(C(N)CCN2CCSC(C)C2)cc1F. The third kappa shape index (κ3) is 4.20. The highest BCUT2D eigenvalue weighted by molar-refractivity contribution is 7.99. The van der Waals surface area contributed by atoms with E-state index >= 15 is 0 Å². The third-order valence-electron chi connectivity index (χ3n) is 3.71. The molecule has 1 aliphatic rings. The van der Waals surface area contributed by atoms with E-state index in [-0.39, 0.29) is 11.9 Å². The van der Waals surface area contributed by atoms with Gasteiger partial charge in [0.05, 0.1) is 0 Å². The topological polar surface area (TPSA) is 29.3 Å². The van der Waals surface area contributed by atoms with Crippen LogP contribution in [0.4, 0.5) is 4.39 Å². The normalized spacial score (nSPS) is 22.4. The van der Waals surface area contributed by atoms with Gasteiger partial charge in [-0.25, -0.2) is 4.39 Å². The molecule has 2 unspecified atom stereocenters. The standard InChI is InChI=1S/C15H23FN2S/c1-11-3-4-13(9-14(11)16)15(17)5-6-18-7-8-19-12(2)10-18/h3-4,9,12,15H,5-8,10,17H2,1-2H3. The minimum absolute atomic E-state index is 0.0695.